The van der Waals surface area contributed by atoms with Crippen LogP contribution in [0.1, 0.15) is 20.8 Å². The van der Waals surface area contributed by atoms with Crippen LogP contribution in [0.5, 0.6) is 5.75 Å². The molecule has 1 aromatic heterocycles. The first kappa shape index (κ1) is 23.8. The highest BCUT2D eigenvalue weighted by Crippen LogP contribution is 2.37. The van der Waals surface area contributed by atoms with Crippen molar-refractivity contribution in [2.24, 2.45) is 0 Å². The highest BCUT2D eigenvalue weighted by Gasteiger charge is 2.39. The van der Waals surface area contributed by atoms with E-state index in [-0.39, 0.29) is 10.9 Å². The van der Waals surface area contributed by atoms with Gasteiger partial charge in [-0.1, -0.05) is 32.4 Å². The van der Waals surface area contributed by atoms with Gasteiger partial charge in [-0.15, -0.1) is 0 Å². The van der Waals surface area contributed by atoms with Crippen LogP contribution in [0.3, 0.4) is 0 Å². The Bertz CT molecular complexity index is 985. The molecule has 0 amide bonds. The summed E-state index contributed by atoms with van der Waals surface area (Å²) in [4.78, 5) is 6.40. The number of hydrogen-bond acceptors (Lipinski definition) is 5. The van der Waals surface area contributed by atoms with Crippen LogP contribution in [0.4, 0.5) is 11.5 Å². The normalized spacial score (nSPS) is 16.3. The fraction of sp³-hybridized carbons (Fsp3) is 0.476. The molecule has 0 unspecified atom stereocenters. The van der Waals surface area contributed by atoms with Crippen molar-refractivity contribution < 1.29 is 12.8 Å². The molecule has 1 saturated heterocycles. The summed E-state index contributed by atoms with van der Waals surface area (Å²) in [6.45, 7) is 12.8. The van der Waals surface area contributed by atoms with Gasteiger partial charge in [-0.25, -0.2) is 4.98 Å². The van der Waals surface area contributed by atoms with Gasteiger partial charge in [0.15, 0.2) is 0 Å². The molecule has 0 saturated carbocycles. The zero-order valence-electron chi connectivity index (χ0n) is 18.7. The van der Waals surface area contributed by atoms with Crippen molar-refractivity contribution in [2.45, 2.75) is 38.9 Å². The maximum Gasteiger partial charge on any atom is 0.302 e. The number of halogens is 1. The Morgan fingerprint density at radius 3 is 2.16 bits per heavy atom. The van der Waals surface area contributed by atoms with Gasteiger partial charge in [0.1, 0.15) is 11.6 Å². The zero-order valence-corrected chi connectivity index (χ0v) is 21.3. The largest absolute Gasteiger partial charge is 0.542 e. The van der Waals surface area contributed by atoms with Gasteiger partial charge < -0.3 is 9.33 Å². The van der Waals surface area contributed by atoms with Crippen LogP contribution >= 0.6 is 11.6 Å². The van der Waals surface area contributed by atoms with Crippen molar-refractivity contribution in [3.8, 4) is 5.75 Å². The number of benzene rings is 1. The first-order valence-corrected chi connectivity index (χ1v) is 15.0. The van der Waals surface area contributed by atoms with Gasteiger partial charge in [-0.2, -0.15) is 12.7 Å². The third-order valence-corrected chi connectivity index (χ3v) is 12.0. The first-order chi connectivity index (χ1) is 14.4. The van der Waals surface area contributed by atoms with Gasteiger partial charge in [0.25, 0.3) is 8.32 Å². The van der Waals surface area contributed by atoms with E-state index >= 15 is 0 Å². The van der Waals surface area contributed by atoms with Crippen LogP contribution in [0.2, 0.25) is 23.2 Å². The Morgan fingerprint density at radius 2 is 1.65 bits per heavy atom. The van der Waals surface area contributed by atoms with Crippen molar-refractivity contribution in [3.63, 3.8) is 0 Å². The van der Waals surface area contributed by atoms with Crippen molar-refractivity contribution in [1.82, 2.24) is 9.29 Å². The Balaban J connectivity index is 1.59. The fourth-order valence-electron chi connectivity index (χ4n) is 2.98. The predicted molar refractivity (Wildman–Crippen MR) is 130 cm³/mol. The maximum atomic E-state index is 12.8. The Kier molecular flexibility index (Phi) is 6.90. The molecule has 1 aromatic carbocycles. The molecule has 0 spiro atoms. The molecule has 2 aromatic rings. The second-order valence-electron chi connectivity index (χ2n) is 9.21. The zero-order chi connectivity index (χ0) is 22.9. The number of hydrogen-bond donors (Lipinski definition) is 1. The topological polar surface area (TPSA) is 74.8 Å². The lowest BCUT2D eigenvalue weighted by Gasteiger charge is -2.36. The van der Waals surface area contributed by atoms with E-state index < -0.39 is 18.5 Å². The third kappa shape index (κ3) is 5.91. The lowest BCUT2D eigenvalue weighted by molar-refractivity contribution is 0.387. The second kappa shape index (κ2) is 8.97. The van der Waals surface area contributed by atoms with Crippen LogP contribution in [-0.4, -0.2) is 52.2 Å². The van der Waals surface area contributed by atoms with Crippen LogP contribution in [0.15, 0.2) is 42.6 Å². The van der Waals surface area contributed by atoms with Gasteiger partial charge in [0.05, 0.1) is 6.20 Å². The molecule has 0 atom stereocenters. The molecule has 31 heavy (non-hydrogen) atoms. The van der Waals surface area contributed by atoms with E-state index in [1.54, 1.807) is 18.3 Å². The quantitative estimate of drug-likeness (QED) is 0.609. The Hall–Kier alpha value is -1.81. The van der Waals surface area contributed by atoms with Crippen molar-refractivity contribution in [2.75, 3.05) is 35.8 Å². The summed E-state index contributed by atoms with van der Waals surface area (Å²) < 4.78 is 35.8. The van der Waals surface area contributed by atoms with Gasteiger partial charge in [-0.3, -0.25) is 4.72 Å². The van der Waals surface area contributed by atoms with Gasteiger partial charge in [0.2, 0.25) is 0 Å². The number of anilines is 2. The van der Waals surface area contributed by atoms with Crippen LogP contribution in [0, 0.1) is 0 Å². The molecule has 1 fully saturated rings. The minimum Gasteiger partial charge on any atom is -0.542 e. The number of nitrogens with one attached hydrogen (secondary N) is 1. The SMILES string of the molecule is CC(C)(C)[Si](C)(C)Oc1ccc(NS(=O)(=O)N2CCN(c3ccc(Cl)cc3)CC2)nc1. The number of nitrogens with zero attached hydrogens (tertiary/aromatic N) is 3. The standard InChI is InChI=1S/C21H31ClN4O3SSi/c1-21(2,3)31(4,5)29-19-10-11-20(23-16-19)24-30(27,28)26-14-12-25(13-15-26)18-8-6-17(22)7-9-18/h6-11,16H,12-15H2,1-5H3,(H,23,24). The van der Waals surface area contributed by atoms with E-state index in [0.717, 1.165) is 5.69 Å². The summed E-state index contributed by atoms with van der Waals surface area (Å²) >= 11 is 5.95. The van der Waals surface area contributed by atoms with Crippen molar-refractivity contribution in [1.29, 1.82) is 0 Å². The number of pyridine rings is 1. The molecule has 170 valence electrons. The maximum absolute atomic E-state index is 12.8. The highest BCUT2D eigenvalue weighted by molar-refractivity contribution is 7.90. The molecule has 1 aliphatic heterocycles. The molecular formula is C21H31ClN4O3SSi. The molecule has 2 heterocycles. The van der Waals surface area contributed by atoms with E-state index in [1.165, 1.54) is 4.31 Å². The summed E-state index contributed by atoms with van der Waals surface area (Å²) in [7, 11) is -5.65. The Morgan fingerprint density at radius 1 is 1.03 bits per heavy atom. The highest BCUT2D eigenvalue weighted by atomic mass is 35.5. The van der Waals surface area contributed by atoms with E-state index in [0.29, 0.717) is 37.0 Å². The van der Waals surface area contributed by atoms with E-state index in [9.17, 15) is 8.42 Å². The summed E-state index contributed by atoms with van der Waals surface area (Å²) in [5.74, 6) is 0.939. The molecule has 0 aliphatic carbocycles. The molecule has 1 aliphatic rings. The summed E-state index contributed by atoms with van der Waals surface area (Å²) in [6, 6.07) is 11.0. The molecule has 7 nitrogen and oxygen atoms in total. The van der Waals surface area contributed by atoms with Gasteiger partial charge in [-0.05, 0) is 54.5 Å². The minimum atomic E-state index is -3.68. The van der Waals surface area contributed by atoms with E-state index in [2.05, 4.69) is 48.5 Å². The molecule has 0 radical (unpaired) electrons. The molecule has 3 rings (SSSR count). The van der Waals surface area contributed by atoms with E-state index in [4.69, 9.17) is 16.0 Å². The van der Waals surface area contributed by atoms with Crippen molar-refractivity contribution >= 4 is 41.6 Å². The van der Waals surface area contributed by atoms with E-state index in [1.807, 2.05) is 24.3 Å². The average molecular weight is 483 g/mol. The third-order valence-electron chi connectivity index (χ3n) is 5.92. The van der Waals surface area contributed by atoms with Gasteiger partial charge in [0, 0.05) is 36.9 Å². The average Bonchev–Trinajstić information content (AvgIpc) is 2.69. The molecule has 1 N–H and O–H groups in total. The molecule has 0 bridgehead atoms. The lowest BCUT2D eigenvalue weighted by Crippen LogP contribution is -2.50. The second-order valence-corrected chi connectivity index (χ2v) is 16.0. The predicted octanol–water partition coefficient (Wildman–Crippen LogP) is 4.60. The summed E-state index contributed by atoms with van der Waals surface area (Å²) in [5, 5.41) is 0.754. The number of piperazine rings is 1. The number of rotatable bonds is 6. The molecular weight excluding hydrogens is 452 g/mol. The van der Waals surface area contributed by atoms with Crippen LogP contribution in [-0.2, 0) is 10.2 Å². The fourth-order valence-corrected chi connectivity index (χ4v) is 5.28. The van der Waals surface area contributed by atoms with Crippen LogP contribution < -0.4 is 14.0 Å². The summed E-state index contributed by atoms with van der Waals surface area (Å²) in [6.07, 6.45) is 1.58. The smallest absolute Gasteiger partial charge is 0.302 e. The van der Waals surface area contributed by atoms with Gasteiger partial charge >= 0.3 is 10.2 Å². The summed E-state index contributed by atoms with van der Waals surface area (Å²) in [5.41, 5.74) is 1.04. The first-order valence-electron chi connectivity index (χ1n) is 10.3. The minimum absolute atomic E-state index is 0.0709. The molecule has 10 heteroatoms. The van der Waals surface area contributed by atoms with Crippen molar-refractivity contribution in [3.05, 3.63) is 47.6 Å². The monoisotopic (exact) mass is 482 g/mol. The Labute approximate surface area is 191 Å². The lowest BCUT2D eigenvalue weighted by atomic mass is 10.2. The van der Waals surface area contributed by atoms with Crippen LogP contribution in [0.25, 0.3) is 0 Å². The number of aromatic nitrogens is 1.